The highest BCUT2D eigenvalue weighted by molar-refractivity contribution is 14.1. The molecule has 0 unspecified atom stereocenters. The Hall–Kier alpha value is -2.87. The molecule has 3 aromatic rings. The molecule has 1 amide bonds. The Kier molecular flexibility index (Phi) is 7.24. The Bertz CT molecular complexity index is 1020. The van der Waals surface area contributed by atoms with Gasteiger partial charge >= 0.3 is 0 Å². The standard InChI is InChI=1S/C23H21IN2O3/c1-16-7-6-10-19(11-16)23(27)26-25-14-18-12-20(24)22(21(13-18)28-2)29-15-17-8-4-3-5-9-17/h3-14H,15H2,1-2H3,(H,26,27)/b25-14+. The Morgan fingerprint density at radius 1 is 1.10 bits per heavy atom. The molecule has 3 rings (SSSR count). The predicted octanol–water partition coefficient (Wildman–Crippen LogP) is 4.95. The van der Waals surface area contributed by atoms with Crippen LogP contribution in [0.5, 0.6) is 11.5 Å². The molecule has 3 aromatic carbocycles. The lowest BCUT2D eigenvalue weighted by molar-refractivity contribution is 0.0955. The molecule has 0 aromatic heterocycles. The van der Waals surface area contributed by atoms with Crippen molar-refractivity contribution in [1.29, 1.82) is 0 Å². The summed E-state index contributed by atoms with van der Waals surface area (Å²) < 4.78 is 12.3. The van der Waals surface area contributed by atoms with Gasteiger partial charge in [-0.05, 0) is 64.9 Å². The van der Waals surface area contributed by atoms with E-state index >= 15 is 0 Å². The van der Waals surface area contributed by atoms with E-state index in [1.165, 1.54) is 0 Å². The van der Waals surface area contributed by atoms with Crippen LogP contribution in [0.15, 0.2) is 71.8 Å². The summed E-state index contributed by atoms with van der Waals surface area (Å²) in [6, 6.07) is 21.0. The average Bonchev–Trinajstić information content (AvgIpc) is 2.73. The van der Waals surface area contributed by atoms with Crippen LogP contribution in [0.4, 0.5) is 0 Å². The number of nitrogens with one attached hydrogen (secondary N) is 1. The highest BCUT2D eigenvalue weighted by atomic mass is 127. The van der Waals surface area contributed by atoms with Crippen molar-refractivity contribution in [1.82, 2.24) is 5.43 Å². The summed E-state index contributed by atoms with van der Waals surface area (Å²) in [6.07, 6.45) is 1.58. The summed E-state index contributed by atoms with van der Waals surface area (Å²) in [6.45, 7) is 2.39. The normalized spacial score (nSPS) is 10.7. The van der Waals surface area contributed by atoms with E-state index in [1.807, 2.05) is 67.6 Å². The molecule has 1 N–H and O–H groups in total. The van der Waals surface area contributed by atoms with E-state index in [4.69, 9.17) is 9.47 Å². The highest BCUT2D eigenvalue weighted by Gasteiger charge is 2.11. The molecule has 0 aliphatic rings. The van der Waals surface area contributed by atoms with Crippen molar-refractivity contribution in [2.45, 2.75) is 13.5 Å². The number of carbonyl (C=O) groups excluding carboxylic acids is 1. The van der Waals surface area contributed by atoms with Crippen molar-refractivity contribution >= 4 is 34.7 Å². The van der Waals surface area contributed by atoms with E-state index in [1.54, 1.807) is 19.4 Å². The van der Waals surface area contributed by atoms with E-state index in [-0.39, 0.29) is 5.91 Å². The van der Waals surface area contributed by atoms with Crippen LogP contribution in [0.25, 0.3) is 0 Å². The molecule has 0 radical (unpaired) electrons. The number of hydrogen-bond acceptors (Lipinski definition) is 4. The molecular formula is C23H21IN2O3. The molecule has 0 saturated carbocycles. The lowest BCUT2D eigenvalue weighted by Gasteiger charge is -2.13. The Labute approximate surface area is 183 Å². The second-order valence-corrected chi connectivity index (χ2v) is 7.54. The fourth-order valence-electron chi connectivity index (χ4n) is 2.70. The van der Waals surface area contributed by atoms with Crippen LogP contribution in [0, 0.1) is 10.5 Å². The minimum Gasteiger partial charge on any atom is -0.493 e. The first-order valence-corrected chi connectivity index (χ1v) is 10.1. The van der Waals surface area contributed by atoms with Gasteiger partial charge in [0, 0.05) is 5.56 Å². The van der Waals surface area contributed by atoms with Crippen LogP contribution in [-0.4, -0.2) is 19.2 Å². The van der Waals surface area contributed by atoms with E-state index < -0.39 is 0 Å². The third-order valence-electron chi connectivity index (χ3n) is 4.14. The largest absolute Gasteiger partial charge is 0.493 e. The molecular weight excluding hydrogens is 479 g/mol. The molecule has 148 valence electrons. The number of carbonyl (C=O) groups is 1. The number of amides is 1. The van der Waals surface area contributed by atoms with Gasteiger partial charge in [-0.2, -0.15) is 5.10 Å². The quantitative estimate of drug-likeness (QED) is 0.284. The molecule has 5 nitrogen and oxygen atoms in total. The summed E-state index contributed by atoms with van der Waals surface area (Å²) in [7, 11) is 1.60. The molecule has 6 heteroatoms. The first-order chi connectivity index (χ1) is 14.1. The summed E-state index contributed by atoms with van der Waals surface area (Å²) in [4.78, 5) is 12.2. The number of hydrogen-bond donors (Lipinski definition) is 1. The number of rotatable bonds is 7. The predicted molar refractivity (Wildman–Crippen MR) is 123 cm³/mol. The van der Waals surface area contributed by atoms with Gasteiger partial charge in [0.15, 0.2) is 11.5 Å². The van der Waals surface area contributed by atoms with Crippen molar-refractivity contribution in [2.24, 2.45) is 5.10 Å². The van der Waals surface area contributed by atoms with Crippen LogP contribution < -0.4 is 14.9 Å². The van der Waals surface area contributed by atoms with E-state index in [2.05, 4.69) is 33.1 Å². The van der Waals surface area contributed by atoms with Gasteiger partial charge in [0.1, 0.15) is 6.61 Å². The highest BCUT2D eigenvalue weighted by Crippen LogP contribution is 2.34. The second kappa shape index (κ2) is 10.1. The van der Waals surface area contributed by atoms with Crippen LogP contribution >= 0.6 is 22.6 Å². The smallest absolute Gasteiger partial charge is 0.271 e. The molecule has 0 aliphatic heterocycles. The lowest BCUT2D eigenvalue weighted by Crippen LogP contribution is -2.17. The lowest BCUT2D eigenvalue weighted by atomic mass is 10.1. The zero-order chi connectivity index (χ0) is 20.6. The summed E-state index contributed by atoms with van der Waals surface area (Å²) >= 11 is 2.20. The molecule has 0 atom stereocenters. The van der Waals surface area contributed by atoms with E-state index in [0.717, 1.165) is 20.3 Å². The van der Waals surface area contributed by atoms with Crippen molar-refractivity contribution in [3.63, 3.8) is 0 Å². The molecule has 0 aliphatic carbocycles. The minimum absolute atomic E-state index is 0.255. The molecule has 29 heavy (non-hydrogen) atoms. The molecule has 0 spiro atoms. The monoisotopic (exact) mass is 500 g/mol. The van der Waals surface area contributed by atoms with Gasteiger partial charge < -0.3 is 9.47 Å². The summed E-state index contributed by atoms with van der Waals surface area (Å²) in [5, 5.41) is 4.06. The Morgan fingerprint density at radius 2 is 1.90 bits per heavy atom. The maximum Gasteiger partial charge on any atom is 0.271 e. The zero-order valence-corrected chi connectivity index (χ0v) is 18.3. The van der Waals surface area contributed by atoms with Crippen LogP contribution in [0.2, 0.25) is 0 Å². The summed E-state index contributed by atoms with van der Waals surface area (Å²) in [5.74, 6) is 1.03. The SMILES string of the molecule is COc1cc(/C=N/NC(=O)c2cccc(C)c2)cc(I)c1OCc1ccccc1. The van der Waals surface area contributed by atoms with Gasteiger partial charge in [0.2, 0.25) is 0 Å². The maximum absolute atomic E-state index is 12.2. The van der Waals surface area contributed by atoms with E-state index in [9.17, 15) is 4.79 Å². The molecule has 0 fully saturated rings. The number of nitrogens with zero attached hydrogens (tertiary/aromatic N) is 1. The average molecular weight is 500 g/mol. The molecule has 0 bridgehead atoms. The Morgan fingerprint density at radius 3 is 2.62 bits per heavy atom. The number of methoxy groups -OCH3 is 1. The second-order valence-electron chi connectivity index (χ2n) is 6.38. The van der Waals surface area contributed by atoms with E-state index in [0.29, 0.717) is 23.7 Å². The number of aryl methyl sites for hydroxylation is 1. The number of ether oxygens (including phenoxy) is 2. The van der Waals surface area contributed by atoms with Gasteiger partial charge in [0.05, 0.1) is 16.9 Å². The first-order valence-electron chi connectivity index (χ1n) is 9.01. The van der Waals surface area contributed by atoms with Crippen molar-refractivity contribution in [3.05, 3.63) is 92.6 Å². The molecule has 0 heterocycles. The zero-order valence-electron chi connectivity index (χ0n) is 16.2. The fraction of sp³-hybridized carbons (Fsp3) is 0.130. The van der Waals surface area contributed by atoms with Crippen LogP contribution in [0.3, 0.4) is 0 Å². The van der Waals surface area contributed by atoms with Crippen molar-refractivity contribution in [3.8, 4) is 11.5 Å². The number of hydrazone groups is 1. The van der Waals surface area contributed by atoms with Gasteiger partial charge in [-0.3, -0.25) is 4.79 Å². The fourth-order valence-corrected chi connectivity index (χ4v) is 3.48. The van der Waals surface area contributed by atoms with Crippen molar-refractivity contribution in [2.75, 3.05) is 7.11 Å². The third-order valence-corrected chi connectivity index (χ3v) is 4.94. The summed E-state index contributed by atoms with van der Waals surface area (Å²) in [5.41, 5.74) is 6.01. The van der Waals surface area contributed by atoms with Gasteiger partial charge in [0.25, 0.3) is 5.91 Å². The van der Waals surface area contributed by atoms with Gasteiger partial charge in [-0.15, -0.1) is 0 Å². The minimum atomic E-state index is -0.255. The van der Waals surface area contributed by atoms with Crippen LogP contribution in [-0.2, 0) is 6.61 Å². The van der Waals surface area contributed by atoms with Gasteiger partial charge in [-0.1, -0.05) is 48.0 Å². The topological polar surface area (TPSA) is 59.9 Å². The van der Waals surface area contributed by atoms with Crippen molar-refractivity contribution < 1.29 is 14.3 Å². The van der Waals surface area contributed by atoms with Crippen LogP contribution in [0.1, 0.15) is 27.0 Å². The molecule has 0 saturated heterocycles. The maximum atomic E-state index is 12.2. The third kappa shape index (κ3) is 5.80. The number of halogens is 1. The Balaban J connectivity index is 1.69. The van der Waals surface area contributed by atoms with Gasteiger partial charge in [-0.25, -0.2) is 5.43 Å². The number of benzene rings is 3. The first kappa shape index (κ1) is 20.9.